The molecule has 0 N–H and O–H groups in total. The average molecular weight is 346 g/mol. The Morgan fingerprint density at radius 2 is 2.00 bits per heavy atom. The van der Waals surface area contributed by atoms with Gasteiger partial charge in [-0.2, -0.15) is 5.26 Å². The SMILES string of the molecule is N#Cc1cn(Cc2ccccc2Cl)c2ccc(Br)cc12. The Kier molecular flexibility index (Phi) is 3.52. The molecule has 2 nitrogen and oxygen atoms in total. The Hall–Kier alpha value is -1.76. The van der Waals surface area contributed by atoms with Gasteiger partial charge < -0.3 is 4.57 Å². The maximum Gasteiger partial charge on any atom is 0.101 e. The Balaban J connectivity index is 2.13. The average Bonchev–Trinajstić information content (AvgIpc) is 2.78. The zero-order valence-corrected chi connectivity index (χ0v) is 12.8. The number of aromatic nitrogens is 1. The van der Waals surface area contributed by atoms with Gasteiger partial charge in [0.25, 0.3) is 0 Å². The van der Waals surface area contributed by atoms with Crippen molar-refractivity contribution in [1.29, 1.82) is 5.26 Å². The van der Waals surface area contributed by atoms with Crippen LogP contribution in [-0.2, 0) is 6.54 Å². The number of rotatable bonds is 2. The first-order chi connectivity index (χ1) is 9.69. The normalized spacial score (nSPS) is 10.7. The zero-order chi connectivity index (χ0) is 14.1. The predicted molar refractivity (Wildman–Crippen MR) is 84.9 cm³/mol. The number of nitrogens with zero attached hydrogens (tertiary/aromatic N) is 2. The molecule has 0 saturated heterocycles. The third-order valence-corrected chi connectivity index (χ3v) is 4.12. The van der Waals surface area contributed by atoms with Gasteiger partial charge in [0.05, 0.1) is 5.56 Å². The quantitative estimate of drug-likeness (QED) is 0.644. The minimum absolute atomic E-state index is 0.652. The Morgan fingerprint density at radius 3 is 2.75 bits per heavy atom. The first-order valence-electron chi connectivity index (χ1n) is 6.11. The van der Waals surface area contributed by atoms with Crippen molar-refractivity contribution in [2.75, 3.05) is 0 Å². The molecule has 0 aliphatic carbocycles. The number of halogens is 2. The van der Waals surface area contributed by atoms with Crippen LogP contribution in [0.15, 0.2) is 53.1 Å². The summed E-state index contributed by atoms with van der Waals surface area (Å²) in [4.78, 5) is 0. The summed E-state index contributed by atoms with van der Waals surface area (Å²) in [6.07, 6.45) is 1.88. The summed E-state index contributed by atoms with van der Waals surface area (Å²) >= 11 is 9.65. The summed E-state index contributed by atoms with van der Waals surface area (Å²) in [7, 11) is 0. The fraction of sp³-hybridized carbons (Fsp3) is 0.0625. The molecule has 3 rings (SSSR count). The highest BCUT2D eigenvalue weighted by atomic mass is 79.9. The molecule has 3 aromatic rings. The van der Waals surface area contributed by atoms with E-state index in [4.69, 9.17) is 11.6 Å². The van der Waals surface area contributed by atoms with Gasteiger partial charge >= 0.3 is 0 Å². The number of nitriles is 1. The van der Waals surface area contributed by atoms with Gasteiger partial charge in [0, 0.05) is 33.1 Å². The summed E-state index contributed by atoms with van der Waals surface area (Å²) in [5.41, 5.74) is 2.75. The molecular formula is C16H10BrClN2. The summed E-state index contributed by atoms with van der Waals surface area (Å²) in [5.74, 6) is 0. The van der Waals surface area contributed by atoms with Gasteiger partial charge in [0.2, 0.25) is 0 Å². The molecule has 20 heavy (non-hydrogen) atoms. The van der Waals surface area contributed by atoms with Crippen LogP contribution in [0.1, 0.15) is 11.1 Å². The summed E-state index contributed by atoms with van der Waals surface area (Å²) in [6.45, 7) is 0.652. The summed E-state index contributed by atoms with van der Waals surface area (Å²) < 4.78 is 3.03. The monoisotopic (exact) mass is 344 g/mol. The Morgan fingerprint density at radius 1 is 1.20 bits per heavy atom. The number of fused-ring (bicyclic) bond motifs is 1. The van der Waals surface area contributed by atoms with E-state index in [1.165, 1.54) is 0 Å². The third-order valence-electron chi connectivity index (χ3n) is 3.26. The molecule has 0 atom stereocenters. The van der Waals surface area contributed by atoms with Gasteiger partial charge in [-0.05, 0) is 29.8 Å². The van der Waals surface area contributed by atoms with E-state index in [9.17, 15) is 5.26 Å². The lowest BCUT2D eigenvalue weighted by atomic mass is 10.2. The second kappa shape index (κ2) is 5.32. The van der Waals surface area contributed by atoms with Crippen LogP contribution in [0.25, 0.3) is 10.9 Å². The summed E-state index contributed by atoms with van der Waals surface area (Å²) in [5, 5.41) is 10.9. The van der Waals surface area contributed by atoms with Crippen molar-refractivity contribution < 1.29 is 0 Å². The third kappa shape index (κ3) is 2.33. The van der Waals surface area contributed by atoms with E-state index in [1.807, 2.05) is 48.7 Å². The van der Waals surface area contributed by atoms with Crippen LogP contribution in [-0.4, -0.2) is 4.57 Å². The topological polar surface area (TPSA) is 28.7 Å². The first kappa shape index (κ1) is 13.2. The standard InChI is InChI=1S/C16H10BrClN2/c17-13-5-6-16-14(7-13)12(8-19)10-20(16)9-11-3-1-2-4-15(11)18/h1-7,10H,9H2. The number of benzene rings is 2. The second-order valence-corrected chi connectivity index (χ2v) is 5.86. The van der Waals surface area contributed by atoms with Crippen LogP contribution in [0, 0.1) is 11.3 Å². The minimum atomic E-state index is 0.652. The highest BCUT2D eigenvalue weighted by molar-refractivity contribution is 9.10. The molecule has 0 saturated carbocycles. The fourth-order valence-corrected chi connectivity index (χ4v) is 2.86. The molecular weight excluding hydrogens is 336 g/mol. The lowest BCUT2D eigenvalue weighted by Gasteiger charge is -2.07. The highest BCUT2D eigenvalue weighted by Crippen LogP contribution is 2.26. The molecule has 1 aromatic heterocycles. The molecule has 0 aliphatic rings. The van der Waals surface area contributed by atoms with Gasteiger partial charge in [-0.1, -0.05) is 45.7 Å². The van der Waals surface area contributed by atoms with Crippen molar-refractivity contribution in [3.63, 3.8) is 0 Å². The molecule has 2 aromatic carbocycles. The summed E-state index contributed by atoms with van der Waals surface area (Å²) in [6, 6.07) is 16.0. The molecule has 0 unspecified atom stereocenters. The smallest absolute Gasteiger partial charge is 0.101 e. The van der Waals surface area contributed by atoms with E-state index >= 15 is 0 Å². The molecule has 0 amide bonds. The van der Waals surface area contributed by atoms with Crippen LogP contribution in [0.3, 0.4) is 0 Å². The van der Waals surface area contributed by atoms with Crippen molar-refractivity contribution in [3.8, 4) is 6.07 Å². The van der Waals surface area contributed by atoms with Crippen molar-refractivity contribution in [2.24, 2.45) is 0 Å². The van der Waals surface area contributed by atoms with E-state index in [0.717, 1.165) is 26.0 Å². The molecule has 0 radical (unpaired) electrons. The first-order valence-corrected chi connectivity index (χ1v) is 7.28. The number of hydrogen-bond donors (Lipinski definition) is 0. The molecule has 0 aliphatic heterocycles. The van der Waals surface area contributed by atoms with Crippen molar-refractivity contribution in [1.82, 2.24) is 4.57 Å². The highest BCUT2D eigenvalue weighted by Gasteiger charge is 2.10. The lowest BCUT2D eigenvalue weighted by Crippen LogP contribution is -1.98. The van der Waals surface area contributed by atoms with Gasteiger partial charge in [-0.25, -0.2) is 0 Å². The minimum Gasteiger partial charge on any atom is -0.342 e. The van der Waals surface area contributed by atoms with Crippen LogP contribution >= 0.6 is 27.5 Å². The van der Waals surface area contributed by atoms with Gasteiger partial charge in [-0.3, -0.25) is 0 Å². The van der Waals surface area contributed by atoms with Crippen molar-refractivity contribution >= 4 is 38.4 Å². The van der Waals surface area contributed by atoms with Gasteiger partial charge in [0.1, 0.15) is 6.07 Å². The molecule has 4 heteroatoms. The van der Waals surface area contributed by atoms with Crippen LogP contribution in [0.2, 0.25) is 5.02 Å². The molecule has 0 bridgehead atoms. The largest absolute Gasteiger partial charge is 0.342 e. The maximum absolute atomic E-state index is 9.26. The van der Waals surface area contributed by atoms with Gasteiger partial charge in [-0.15, -0.1) is 0 Å². The van der Waals surface area contributed by atoms with E-state index in [0.29, 0.717) is 12.1 Å². The second-order valence-electron chi connectivity index (χ2n) is 4.54. The molecule has 1 heterocycles. The molecule has 0 spiro atoms. The van der Waals surface area contributed by atoms with Crippen LogP contribution < -0.4 is 0 Å². The van der Waals surface area contributed by atoms with Gasteiger partial charge in [0.15, 0.2) is 0 Å². The van der Waals surface area contributed by atoms with E-state index in [-0.39, 0.29) is 0 Å². The van der Waals surface area contributed by atoms with Crippen molar-refractivity contribution in [2.45, 2.75) is 6.54 Å². The van der Waals surface area contributed by atoms with Crippen LogP contribution in [0.4, 0.5) is 0 Å². The molecule has 98 valence electrons. The fourth-order valence-electron chi connectivity index (χ4n) is 2.30. The number of hydrogen-bond acceptors (Lipinski definition) is 1. The lowest BCUT2D eigenvalue weighted by molar-refractivity contribution is 0.836. The van der Waals surface area contributed by atoms with Crippen molar-refractivity contribution in [3.05, 3.63) is 69.3 Å². The predicted octanol–water partition coefficient (Wildman–Crippen LogP) is 4.98. The maximum atomic E-state index is 9.26. The Labute approximate surface area is 130 Å². The van der Waals surface area contributed by atoms with E-state index in [1.54, 1.807) is 0 Å². The Bertz CT molecular complexity index is 830. The van der Waals surface area contributed by atoms with E-state index < -0.39 is 0 Å². The van der Waals surface area contributed by atoms with E-state index in [2.05, 4.69) is 26.6 Å². The zero-order valence-electron chi connectivity index (χ0n) is 10.5. The molecule has 0 fully saturated rings. The van der Waals surface area contributed by atoms with Crippen LogP contribution in [0.5, 0.6) is 0 Å².